The van der Waals surface area contributed by atoms with Gasteiger partial charge in [-0.1, -0.05) is 146 Å². The third-order valence-corrected chi connectivity index (χ3v) is 10.3. The Kier molecular flexibility index (Phi) is 6.18. The summed E-state index contributed by atoms with van der Waals surface area (Å²) in [7, 11) is 0. The van der Waals surface area contributed by atoms with E-state index in [1.54, 1.807) is 0 Å². The zero-order valence-electron chi connectivity index (χ0n) is 28.0. The van der Waals surface area contributed by atoms with Gasteiger partial charge in [0.25, 0.3) is 0 Å². The number of rotatable bonds is 3. The molecule has 11 rings (SSSR count). The van der Waals surface area contributed by atoms with Crippen molar-refractivity contribution in [1.82, 2.24) is 23.8 Å². The fourth-order valence-electron chi connectivity index (χ4n) is 8.06. The fourth-order valence-corrected chi connectivity index (χ4v) is 8.06. The summed E-state index contributed by atoms with van der Waals surface area (Å²) in [5, 5.41) is 8.30. The number of para-hydroxylation sites is 4. The molecule has 0 N–H and O–H groups in total. The van der Waals surface area contributed by atoms with Crippen LogP contribution in [0.1, 0.15) is 0 Å². The first-order chi connectivity index (χ1) is 25.8. The Hall–Kier alpha value is -7.11. The smallest absolute Gasteiger partial charge is 0.164 e. The molecule has 5 nitrogen and oxygen atoms in total. The van der Waals surface area contributed by atoms with Crippen LogP contribution in [0.3, 0.4) is 0 Å². The molecule has 0 aliphatic carbocycles. The molecule has 0 aliphatic heterocycles. The van der Waals surface area contributed by atoms with Crippen molar-refractivity contribution >= 4 is 65.4 Å². The predicted molar refractivity (Wildman–Crippen MR) is 214 cm³/mol. The largest absolute Gasteiger partial charge is 0.294 e. The summed E-state index contributed by atoms with van der Waals surface area (Å²) in [6, 6.07) is 62.1. The highest BCUT2D eigenvalue weighted by Crippen LogP contribution is 2.41. The van der Waals surface area contributed by atoms with Crippen molar-refractivity contribution in [3.63, 3.8) is 0 Å². The second-order valence-electron chi connectivity index (χ2n) is 13.2. The monoisotopic (exact) mass is 663 g/mol. The van der Waals surface area contributed by atoms with Crippen molar-refractivity contribution in [3.8, 4) is 34.2 Å². The lowest BCUT2D eigenvalue weighted by Gasteiger charge is -2.10. The lowest BCUT2D eigenvalue weighted by Crippen LogP contribution is -2.00. The van der Waals surface area contributed by atoms with Gasteiger partial charge in [-0.3, -0.25) is 8.80 Å². The molecule has 7 aromatic carbocycles. The third-order valence-electron chi connectivity index (χ3n) is 10.3. The van der Waals surface area contributed by atoms with E-state index in [0.717, 1.165) is 54.9 Å². The van der Waals surface area contributed by atoms with Gasteiger partial charge in [-0.15, -0.1) is 0 Å². The second-order valence-corrected chi connectivity index (χ2v) is 13.2. The fraction of sp³-hybridized carbons (Fsp3) is 0. The molecule has 0 radical (unpaired) electrons. The van der Waals surface area contributed by atoms with Crippen LogP contribution in [0.5, 0.6) is 0 Å². The number of hydrogen-bond donors (Lipinski definition) is 0. The highest BCUT2D eigenvalue weighted by molar-refractivity contribution is 6.24. The molecule has 0 atom stereocenters. The standard InChI is InChI=1S/C47H29N5/c1-3-15-30(16-4-1)44-48-45(31-17-5-2-6-18-31)50-46(49-44)32-27-28-33-34-19-7-11-23-39(34)51-41-25-13-9-21-36(41)43-37-22-10-14-26-42(37)52(47(43)51)40-24-12-8-20-35(40)38(33)29-32/h1-29H. The van der Waals surface area contributed by atoms with Gasteiger partial charge in [-0.05, 0) is 41.1 Å². The molecule has 0 spiro atoms. The van der Waals surface area contributed by atoms with Crippen molar-refractivity contribution in [3.05, 3.63) is 176 Å². The average molecular weight is 664 g/mol. The highest BCUT2D eigenvalue weighted by Gasteiger charge is 2.20. The molecule has 4 heterocycles. The van der Waals surface area contributed by atoms with E-state index < -0.39 is 0 Å². The Morgan fingerprint density at radius 3 is 1.17 bits per heavy atom. The van der Waals surface area contributed by atoms with E-state index in [-0.39, 0.29) is 0 Å². The van der Waals surface area contributed by atoms with Crippen LogP contribution in [-0.2, 0) is 0 Å². The highest BCUT2D eigenvalue weighted by atomic mass is 15.1. The second kappa shape index (κ2) is 11.2. The van der Waals surface area contributed by atoms with Crippen LogP contribution in [0.15, 0.2) is 176 Å². The molecular weight excluding hydrogens is 635 g/mol. The van der Waals surface area contributed by atoms with Crippen molar-refractivity contribution in [2.24, 2.45) is 0 Å². The Morgan fingerprint density at radius 2 is 0.673 bits per heavy atom. The molecule has 52 heavy (non-hydrogen) atoms. The maximum atomic E-state index is 5.10. The minimum atomic E-state index is 0.632. The Bertz CT molecular complexity index is 3170. The zero-order chi connectivity index (χ0) is 34.2. The van der Waals surface area contributed by atoms with Gasteiger partial charge >= 0.3 is 0 Å². The topological polar surface area (TPSA) is 47.5 Å². The van der Waals surface area contributed by atoms with E-state index in [9.17, 15) is 0 Å². The van der Waals surface area contributed by atoms with Crippen molar-refractivity contribution in [2.45, 2.75) is 0 Å². The summed E-state index contributed by atoms with van der Waals surface area (Å²) in [5.74, 6) is 1.92. The molecule has 0 saturated carbocycles. The summed E-state index contributed by atoms with van der Waals surface area (Å²) in [4.78, 5) is 15.2. The van der Waals surface area contributed by atoms with Gasteiger partial charge < -0.3 is 0 Å². The molecule has 0 amide bonds. The van der Waals surface area contributed by atoms with Crippen molar-refractivity contribution in [2.75, 3.05) is 0 Å². The van der Waals surface area contributed by atoms with Gasteiger partial charge in [0.2, 0.25) is 0 Å². The molecule has 242 valence electrons. The number of nitrogens with zero attached hydrogens (tertiary/aromatic N) is 5. The maximum Gasteiger partial charge on any atom is 0.164 e. The number of benzene rings is 7. The van der Waals surface area contributed by atoms with Crippen LogP contribution in [0, 0.1) is 0 Å². The van der Waals surface area contributed by atoms with E-state index in [4.69, 9.17) is 15.0 Å². The quantitative estimate of drug-likeness (QED) is 0.189. The van der Waals surface area contributed by atoms with Crippen LogP contribution in [-0.4, -0.2) is 23.8 Å². The Balaban J connectivity index is 1.33. The van der Waals surface area contributed by atoms with Gasteiger partial charge in [-0.25, -0.2) is 15.0 Å². The predicted octanol–water partition coefficient (Wildman–Crippen LogP) is 11.7. The van der Waals surface area contributed by atoms with Crippen molar-refractivity contribution in [1.29, 1.82) is 0 Å². The lowest BCUT2D eigenvalue weighted by atomic mass is 10.0. The van der Waals surface area contributed by atoms with Crippen LogP contribution in [0.25, 0.3) is 99.6 Å². The molecule has 5 heteroatoms. The minimum Gasteiger partial charge on any atom is -0.294 e. The van der Waals surface area contributed by atoms with Gasteiger partial charge in [-0.2, -0.15) is 0 Å². The molecule has 0 fully saturated rings. The van der Waals surface area contributed by atoms with Gasteiger partial charge in [0, 0.05) is 43.6 Å². The Labute approximate surface area is 298 Å². The number of fused-ring (bicyclic) bond motifs is 13. The maximum absolute atomic E-state index is 5.10. The first kappa shape index (κ1) is 28.7. The minimum absolute atomic E-state index is 0.632. The normalized spacial score (nSPS) is 11.8. The molecule has 0 unspecified atom stereocenters. The first-order valence-electron chi connectivity index (χ1n) is 17.6. The SMILES string of the molecule is c1ccc(-c2nc(-c3ccccc3)nc(-c3ccc4c(c3)c3ccccc3n3c5ccccc5c5c6ccccc6n(c6ccccc46)c53)n2)cc1. The van der Waals surface area contributed by atoms with Crippen LogP contribution < -0.4 is 0 Å². The molecule has 11 aromatic rings. The summed E-state index contributed by atoms with van der Waals surface area (Å²) < 4.78 is 4.92. The Morgan fingerprint density at radius 1 is 0.288 bits per heavy atom. The van der Waals surface area contributed by atoms with Crippen LogP contribution >= 0.6 is 0 Å². The molecular formula is C47H29N5. The van der Waals surface area contributed by atoms with E-state index in [0.29, 0.717) is 17.5 Å². The van der Waals surface area contributed by atoms with E-state index in [2.05, 4.69) is 124 Å². The molecule has 0 bridgehead atoms. The lowest BCUT2D eigenvalue weighted by molar-refractivity contribution is 1.07. The van der Waals surface area contributed by atoms with Gasteiger partial charge in [0.1, 0.15) is 5.65 Å². The summed E-state index contributed by atoms with van der Waals surface area (Å²) in [5.41, 5.74) is 8.60. The molecule has 0 saturated heterocycles. The van der Waals surface area contributed by atoms with E-state index in [1.807, 2.05) is 60.7 Å². The summed E-state index contributed by atoms with van der Waals surface area (Å²) >= 11 is 0. The summed E-state index contributed by atoms with van der Waals surface area (Å²) in [6.07, 6.45) is 0. The number of aromatic nitrogens is 5. The van der Waals surface area contributed by atoms with Gasteiger partial charge in [0.05, 0.1) is 22.1 Å². The molecule has 0 aliphatic rings. The van der Waals surface area contributed by atoms with E-state index >= 15 is 0 Å². The van der Waals surface area contributed by atoms with E-state index in [1.165, 1.54) is 27.2 Å². The van der Waals surface area contributed by atoms with Gasteiger partial charge in [0.15, 0.2) is 17.5 Å². The van der Waals surface area contributed by atoms with Crippen LogP contribution in [0.4, 0.5) is 0 Å². The average Bonchev–Trinajstić information content (AvgIpc) is 3.74. The third kappa shape index (κ3) is 4.20. The molecule has 4 aromatic heterocycles. The van der Waals surface area contributed by atoms with Crippen LogP contribution in [0.2, 0.25) is 0 Å². The van der Waals surface area contributed by atoms with Crippen molar-refractivity contribution < 1.29 is 0 Å². The summed E-state index contributed by atoms with van der Waals surface area (Å²) in [6.45, 7) is 0. The zero-order valence-corrected chi connectivity index (χ0v) is 28.0. The number of hydrogen-bond acceptors (Lipinski definition) is 3. The first-order valence-corrected chi connectivity index (χ1v) is 17.6.